The molecule has 1 amide bonds. The molecule has 11 heteroatoms. The van der Waals surface area contributed by atoms with Gasteiger partial charge in [0, 0.05) is 16.1 Å². The average molecular weight is 567 g/mol. The van der Waals surface area contributed by atoms with E-state index in [1.54, 1.807) is 60.7 Å². The second-order valence-corrected chi connectivity index (χ2v) is 9.27. The summed E-state index contributed by atoms with van der Waals surface area (Å²) >= 11 is 6.05. The van der Waals surface area contributed by atoms with Gasteiger partial charge < -0.3 is 30.2 Å². The number of guanidine groups is 1. The van der Waals surface area contributed by atoms with Crippen molar-refractivity contribution in [3.05, 3.63) is 101 Å². The van der Waals surface area contributed by atoms with E-state index in [0.717, 1.165) is 0 Å². The predicted octanol–water partition coefficient (Wildman–Crippen LogP) is 2.81. The van der Waals surface area contributed by atoms with Crippen molar-refractivity contribution in [1.82, 2.24) is 5.01 Å². The van der Waals surface area contributed by atoms with Crippen LogP contribution in [-0.4, -0.2) is 79.0 Å². The molecule has 1 heterocycles. The smallest absolute Gasteiger partial charge is 0.280 e. The maximum Gasteiger partial charge on any atom is 0.280 e. The van der Waals surface area contributed by atoms with Crippen molar-refractivity contribution in [2.24, 2.45) is 15.8 Å². The molecule has 0 saturated heterocycles. The fraction of sp³-hybridized carbons (Fsp3) is 0.276. The normalized spacial score (nSPS) is 17.1. The monoisotopic (exact) mass is 566 g/mol. The van der Waals surface area contributed by atoms with Crippen LogP contribution in [0.15, 0.2) is 89.0 Å². The highest BCUT2D eigenvalue weighted by Gasteiger charge is 2.44. The average Bonchev–Trinajstić information content (AvgIpc) is 3.34. The van der Waals surface area contributed by atoms with Crippen molar-refractivity contribution in [2.75, 3.05) is 46.2 Å². The number of ether oxygens (including phenoxy) is 3. The first-order valence-electron chi connectivity index (χ1n) is 12.7. The van der Waals surface area contributed by atoms with Crippen LogP contribution in [0.3, 0.4) is 0 Å². The molecule has 0 saturated carbocycles. The zero-order valence-corrected chi connectivity index (χ0v) is 22.5. The van der Waals surface area contributed by atoms with E-state index in [0.29, 0.717) is 59.6 Å². The summed E-state index contributed by atoms with van der Waals surface area (Å²) in [6.07, 6.45) is 0. The number of hydrogen-bond acceptors (Lipinski definition) is 7. The number of nitrogens with zero attached hydrogens (tertiary/aromatic N) is 3. The lowest BCUT2D eigenvalue weighted by Crippen LogP contribution is -2.42. The maximum atomic E-state index is 12.8. The number of benzene rings is 3. The fourth-order valence-corrected chi connectivity index (χ4v) is 4.16. The molecule has 210 valence electrons. The van der Waals surface area contributed by atoms with E-state index in [4.69, 9.17) is 36.7 Å². The number of nitrogens with two attached hydrogens (primary N) is 1. The van der Waals surface area contributed by atoms with Crippen molar-refractivity contribution >= 4 is 29.2 Å². The number of halogens is 1. The molecule has 0 aromatic heterocycles. The molecule has 3 aromatic rings. The maximum absolute atomic E-state index is 12.8. The van der Waals surface area contributed by atoms with Crippen molar-refractivity contribution in [3.63, 3.8) is 0 Å². The number of carbonyl (C=O) groups excluding carboxylic acids is 1. The van der Waals surface area contributed by atoms with E-state index in [2.05, 4.69) is 10.1 Å². The minimum absolute atomic E-state index is 0.0193. The summed E-state index contributed by atoms with van der Waals surface area (Å²) in [7, 11) is 0. The molecule has 0 aliphatic carbocycles. The molecular formula is C29H31ClN4O6. The largest absolute Gasteiger partial charge is 0.491 e. The fourth-order valence-electron chi connectivity index (χ4n) is 4.03. The van der Waals surface area contributed by atoms with Crippen molar-refractivity contribution in [1.29, 1.82) is 0 Å². The molecule has 4 rings (SSSR count). The zero-order chi connectivity index (χ0) is 28.4. The molecule has 40 heavy (non-hydrogen) atoms. The number of carbonyl (C=O) groups is 1. The third kappa shape index (κ3) is 7.44. The quantitative estimate of drug-likeness (QED) is 0.173. The van der Waals surface area contributed by atoms with Gasteiger partial charge in [-0.1, -0.05) is 54.1 Å². The summed E-state index contributed by atoms with van der Waals surface area (Å²) in [5.41, 5.74) is 6.67. The van der Waals surface area contributed by atoms with Gasteiger partial charge in [-0.25, -0.2) is 5.01 Å². The molecule has 1 atom stereocenters. The first kappa shape index (κ1) is 29.2. The third-order valence-corrected chi connectivity index (χ3v) is 6.30. The second kappa shape index (κ2) is 14.0. The minimum atomic E-state index is -1.49. The number of amides is 1. The zero-order valence-electron chi connectivity index (χ0n) is 21.8. The summed E-state index contributed by atoms with van der Waals surface area (Å²) in [4.78, 5) is 16.9. The predicted molar refractivity (Wildman–Crippen MR) is 152 cm³/mol. The molecule has 0 spiro atoms. The Hall–Kier alpha value is -3.80. The molecule has 1 unspecified atom stereocenters. The van der Waals surface area contributed by atoms with Gasteiger partial charge in [-0.05, 0) is 42.0 Å². The lowest BCUT2D eigenvalue weighted by molar-refractivity contribution is 0.0247. The van der Waals surface area contributed by atoms with E-state index in [1.165, 1.54) is 5.01 Å². The Labute approximate surface area is 237 Å². The molecule has 1 aliphatic heterocycles. The number of aliphatic hydroxyl groups excluding tert-OH is 1. The van der Waals surface area contributed by atoms with Crippen LogP contribution < -0.4 is 10.5 Å². The van der Waals surface area contributed by atoms with Crippen LogP contribution in [0.2, 0.25) is 5.02 Å². The van der Waals surface area contributed by atoms with Gasteiger partial charge in [0.25, 0.3) is 5.91 Å². The van der Waals surface area contributed by atoms with E-state index in [-0.39, 0.29) is 25.7 Å². The molecule has 1 aliphatic rings. The van der Waals surface area contributed by atoms with Gasteiger partial charge in [0.05, 0.1) is 39.6 Å². The minimum Gasteiger partial charge on any atom is -0.491 e. The van der Waals surface area contributed by atoms with Gasteiger partial charge in [0.15, 0.2) is 5.60 Å². The van der Waals surface area contributed by atoms with E-state index in [9.17, 15) is 9.90 Å². The van der Waals surface area contributed by atoms with Gasteiger partial charge in [-0.3, -0.25) is 4.79 Å². The topological polar surface area (TPSA) is 139 Å². The Morgan fingerprint density at radius 1 is 0.950 bits per heavy atom. The second-order valence-electron chi connectivity index (χ2n) is 8.84. The number of rotatable bonds is 12. The van der Waals surface area contributed by atoms with E-state index >= 15 is 0 Å². The highest BCUT2D eigenvalue weighted by Crippen LogP contribution is 2.33. The summed E-state index contributed by atoms with van der Waals surface area (Å²) in [6.45, 7) is 1.74. The van der Waals surface area contributed by atoms with Crippen LogP contribution in [0.4, 0.5) is 0 Å². The number of hydrogen-bond donors (Lipinski definition) is 3. The van der Waals surface area contributed by atoms with Gasteiger partial charge >= 0.3 is 0 Å². The molecule has 10 nitrogen and oxygen atoms in total. The summed E-state index contributed by atoms with van der Waals surface area (Å²) in [5, 5.41) is 26.8. The van der Waals surface area contributed by atoms with Crippen LogP contribution in [-0.2, 0) is 15.1 Å². The van der Waals surface area contributed by atoms with Crippen molar-refractivity contribution in [3.8, 4) is 5.75 Å². The third-order valence-electron chi connectivity index (χ3n) is 6.05. The molecular weight excluding hydrogens is 536 g/mol. The first-order chi connectivity index (χ1) is 19.4. The standard InChI is InChI=1S/C29H31ClN4O6/c30-24-10-6-21(7-11-24)26-29(37,23-4-2-1-3-5-23)20-34(33-26)28(31)32-27(36)22-8-12-25(13-9-22)40-19-18-39-17-16-38-15-14-35/h1-13,35,37H,14-20H2,(H2,31,32,36). The van der Waals surface area contributed by atoms with Crippen LogP contribution in [0.25, 0.3) is 0 Å². The highest BCUT2D eigenvalue weighted by atomic mass is 35.5. The number of aliphatic hydroxyl groups is 2. The number of aliphatic imine (C=N–C) groups is 1. The Kier molecular flexibility index (Phi) is 10.2. The Morgan fingerprint density at radius 3 is 2.27 bits per heavy atom. The van der Waals surface area contributed by atoms with Gasteiger partial charge in [-0.2, -0.15) is 10.1 Å². The number of β-amino-alcohol motifs (C(OH)–C–C–N with tert-alkyl or cyclic N) is 1. The molecule has 3 aromatic carbocycles. The van der Waals surface area contributed by atoms with E-state index in [1.807, 2.05) is 18.2 Å². The van der Waals surface area contributed by atoms with Crippen LogP contribution in [0, 0.1) is 0 Å². The molecule has 0 bridgehead atoms. The summed E-state index contributed by atoms with van der Waals surface area (Å²) in [5.74, 6) is -0.143. The van der Waals surface area contributed by atoms with Crippen LogP contribution in [0.1, 0.15) is 21.5 Å². The highest BCUT2D eigenvalue weighted by molar-refractivity contribution is 6.30. The Morgan fingerprint density at radius 2 is 1.60 bits per heavy atom. The summed E-state index contributed by atoms with van der Waals surface area (Å²) < 4.78 is 16.1. The number of hydrazone groups is 1. The molecule has 0 radical (unpaired) electrons. The molecule has 0 fully saturated rings. The lowest BCUT2D eigenvalue weighted by atomic mass is 9.86. The van der Waals surface area contributed by atoms with Crippen LogP contribution in [0.5, 0.6) is 5.75 Å². The van der Waals surface area contributed by atoms with Crippen molar-refractivity contribution < 1.29 is 29.2 Å². The summed E-state index contributed by atoms with van der Waals surface area (Å²) in [6, 6.07) is 22.6. The van der Waals surface area contributed by atoms with Crippen molar-refractivity contribution in [2.45, 2.75) is 5.60 Å². The van der Waals surface area contributed by atoms with Crippen LogP contribution >= 0.6 is 11.6 Å². The van der Waals surface area contributed by atoms with Gasteiger partial charge in [0.2, 0.25) is 5.96 Å². The van der Waals surface area contributed by atoms with Gasteiger partial charge in [-0.15, -0.1) is 0 Å². The van der Waals surface area contributed by atoms with Gasteiger partial charge in [0.1, 0.15) is 18.1 Å². The Balaban J connectivity index is 1.40. The van der Waals surface area contributed by atoms with E-state index < -0.39 is 11.5 Å². The first-order valence-corrected chi connectivity index (χ1v) is 13.1. The SMILES string of the molecule is NC(=NC(=O)c1ccc(OCCOCCOCCO)cc1)N1CC(O)(c2ccccc2)C(c2ccc(Cl)cc2)=N1. The Bertz CT molecular complexity index is 1320. The molecule has 4 N–H and O–H groups in total. The lowest BCUT2D eigenvalue weighted by Gasteiger charge is -2.25.